The molecule has 0 aliphatic rings. The standard InChI is InChI=1S/C12H13N3/c1-3-8-15(9-4-2)12-11(10-13)6-5-7-14-12/h1,5-7H,4,8-9H2,2H3. The van der Waals surface area contributed by atoms with Gasteiger partial charge in [-0.2, -0.15) is 5.26 Å². The molecule has 0 amide bonds. The molecule has 0 saturated heterocycles. The van der Waals surface area contributed by atoms with Crippen molar-refractivity contribution < 1.29 is 0 Å². The highest BCUT2D eigenvalue weighted by Crippen LogP contribution is 2.15. The fourth-order valence-electron chi connectivity index (χ4n) is 1.38. The predicted molar refractivity (Wildman–Crippen MR) is 60.3 cm³/mol. The van der Waals surface area contributed by atoms with E-state index in [0.717, 1.165) is 13.0 Å². The fraction of sp³-hybridized carbons (Fsp3) is 0.333. The van der Waals surface area contributed by atoms with Crippen molar-refractivity contribution in [2.45, 2.75) is 13.3 Å². The van der Waals surface area contributed by atoms with Crippen LogP contribution in [0.2, 0.25) is 0 Å². The van der Waals surface area contributed by atoms with Crippen molar-refractivity contribution in [1.82, 2.24) is 4.98 Å². The number of nitriles is 1. The van der Waals surface area contributed by atoms with Crippen molar-refractivity contribution >= 4 is 5.82 Å². The molecule has 0 radical (unpaired) electrons. The summed E-state index contributed by atoms with van der Waals surface area (Å²) in [5.74, 6) is 3.26. The molecule has 1 aromatic heterocycles. The third-order valence-corrected chi connectivity index (χ3v) is 1.98. The number of aromatic nitrogens is 1. The Labute approximate surface area is 90.4 Å². The first-order valence-corrected chi connectivity index (χ1v) is 4.87. The molecule has 1 heterocycles. The highest BCUT2D eigenvalue weighted by molar-refractivity contribution is 5.54. The normalized spacial score (nSPS) is 9.00. The highest BCUT2D eigenvalue weighted by atomic mass is 15.2. The largest absolute Gasteiger partial charge is 0.344 e. The lowest BCUT2D eigenvalue weighted by Gasteiger charge is -2.21. The molecule has 1 aromatic rings. The molecule has 0 spiro atoms. The van der Waals surface area contributed by atoms with Gasteiger partial charge in [-0.25, -0.2) is 4.98 Å². The van der Waals surface area contributed by atoms with Crippen LogP contribution in [0.5, 0.6) is 0 Å². The third-order valence-electron chi connectivity index (χ3n) is 1.98. The zero-order valence-electron chi connectivity index (χ0n) is 8.77. The van der Waals surface area contributed by atoms with E-state index in [9.17, 15) is 0 Å². The fourth-order valence-corrected chi connectivity index (χ4v) is 1.38. The topological polar surface area (TPSA) is 39.9 Å². The molecule has 0 atom stereocenters. The van der Waals surface area contributed by atoms with Crippen LogP contribution >= 0.6 is 0 Å². The lowest BCUT2D eigenvalue weighted by molar-refractivity contribution is 0.807. The van der Waals surface area contributed by atoms with E-state index in [1.165, 1.54) is 0 Å². The van der Waals surface area contributed by atoms with Gasteiger partial charge in [0.2, 0.25) is 0 Å². The van der Waals surface area contributed by atoms with E-state index in [2.05, 4.69) is 23.9 Å². The Kier molecular flexibility index (Phi) is 4.19. The second-order valence-electron chi connectivity index (χ2n) is 3.11. The molecule has 3 nitrogen and oxygen atoms in total. The van der Waals surface area contributed by atoms with Crippen LogP contribution in [0.15, 0.2) is 18.3 Å². The first kappa shape index (κ1) is 11.1. The van der Waals surface area contributed by atoms with Crippen LogP contribution in [-0.4, -0.2) is 18.1 Å². The van der Waals surface area contributed by atoms with Crippen molar-refractivity contribution in [1.29, 1.82) is 5.26 Å². The Hall–Kier alpha value is -2.00. The predicted octanol–water partition coefficient (Wildman–Crippen LogP) is 1.80. The van der Waals surface area contributed by atoms with Crippen LogP contribution < -0.4 is 4.90 Å². The van der Waals surface area contributed by atoms with E-state index < -0.39 is 0 Å². The van der Waals surface area contributed by atoms with Crippen LogP contribution in [0.25, 0.3) is 0 Å². The van der Waals surface area contributed by atoms with E-state index in [4.69, 9.17) is 11.7 Å². The number of rotatable bonds is 4. The van der Waals surface area contributed by atoms with Gasteiger partial charge in [-0.1, -0.05) is 12.8 Å². The number of terminal acetylenes is 1. The smallest absolute Gasteiger partial charge is 0.147 e. The minimum atomic E-state index is 0.486. The van der Waals surface area contributed by atoms with Crippen LogP contribution in [0.4, 0.5) is 5.82 Å². The summed E-state index contributed by atoms with van der Waals surface area (Å²) in [6.45, 7) is 3.37. The molecule has 76 valence electrons. The summed E-state index contributed by atoms with van der Waals surface area (Å²) >= 11 is 0. The Morgan fingerprint density at radius 1 is 1.60 bits per heavy atom. The summed E-state index contributed by atoms with van der Waals surface area (Å²) < 4.78 is 0. The van der Waals surface area contributed by atoms with Crippen molar-refractivity contribution in [3.8, 4) is 18.4 Å². The Morgan fingerprint density at radius 2 is 2.40 bits per heavy atom. The van der Waals surface area contributed by atoms with Crippen LogP contribution in [-0.2, 0) is 0 Å². The number of pyridine rings is 1. The molecule has 0 aliphatic heterocycles. The van der Waals surface area contributed by atoms with Gasteiger partial charge in [-0.15, -0.1) is 6.42 Å². The molecular weight excluding hydrogens is 186 g/mol. The number of nitrogens with zero attached hydrogens (tertiary/aromatic N) is 3. The minimum Gasteiger partial charge on any atom is -0.344 e. The highest BCUT2D eigenvalue weighted by Gasteiger charge is 2.09. The lowest BCUT2D eigenvalue weighted by atomic mass is 10.2. The molecule has 0 aliphatic carbocycles. The zero-order chi connectivity index (χ0) is 11.1. The van der Waals surface area contributed by atoms with Gasteiger partial charge in [0, 0.05) is 12.7 Å². The van der Waals surface area contributed by atoms with Gasteiger partial charge >= 0.3 is 0 Å². The number of anilines is 1. The molecule has 0 aromatic carbocycles. The molecule has 0 saturated carbocycles. The zero-order valence-corrected chi connectivity index (χ0v) is 8.77. The summed E-state index contributed by atoms with van der Waals surface area (Å²) in [4.78, 5) is 6.14. The molecule has 1 rings (SSSR count). The van der Waals surface area contributed by atoms with E-state index >= 15 is 0 Å². The summed E-state index contributed by atoms with van der Waals surface area (Å²) in [6.07, 6.45) is 7.94. The number of hydrogen-bond donors (Lipinski definition) is 0. The average Bonchev–Trinajstić information content (AvgIpc) is 2.29. The van der Waals surface area contributed by atoms with Crippen LogP contribution in [0.1, 0.15) is 18.9 Å². The lowest BCUT2D eigenvalue weighted by Crippen LogP contribution is -2.26. The molecule has 0 fully saturated rings. The Morgan fingerprint density at radius 3 is 3.00 bits per heavy atom. The quantitative estimate of drug-likeness (QED) is 0.694. The summed E-state index contributed by atoms with van der Waals surface area (Å²) in [7, 11) is 0. The van der Waals surface area contributed by atoms with Gasteiger partial charge in [0.25, 0.3) is 0 Å². The van der Waals surface area contributed by atoms with Gasteiger partial charge in [0.1, 0.15) is 11.9 Å². The molecule has 3 heteroatoms. The van der Waals surface area contributed by atoms with Crippen molar-refractivity contribution in [3.05, 3.63) is 23.9 Å². The van der Waals surface area contributed by atoms with E-state index in [0.29, 0.717) is 17.9 Å². The van der Waals surface area contributed by atoms with Crippen molar-refractivity contribution in [2.24, 2.45) is 0 Å². The first-order chi connectivity index (χ1) is 7.33. The van der Waals surface area contributed by atoms with Gasteiger partial charge in [0.05, 0.1) is 12.1 Å². The van der Waals surface area contributed by atoms with E-state index in [-0.39, 0.29) is 0 Å². The van der Waals surface area contributed by atoms with Gasteiger partial charge in [-0.3, -0.25) is 0 Å². The van der Waals surface area contributed by atoms with E-state index in [1.54, 1.807) is 18.3 Å². The summed E-state index contributed by atoms with van der Waals surface area (Å²) in [5.41, 5.74) is 0.571. The second kappa shape index (κ2) is 5.67. The maximum atomic E-state index is 8.94. The van der Waals surface area contributed by atoms with Gasteiger partial charge < -0.3 is 4.90 Å². The molecule has 15 heavy (non-hydrogen) atoms. The average molecular weight is 199 g/mol. The Balaban J connectivity index is 3.01. The van der Waals surface area contributed by atoms with Crippen molar-refractivity contribution in [3.63, 3.8) is 0 Å². The Bertz CT molecular complexity index is 398. The summed E-state index contributed by atoms with van der Waals surface area (Å²) in [6, 6.07) is 5.62. The number of hydrogen-bond acceptors (Lipinski definition) is 3. The summed E-state index contributed by atoms with van der Waals surface area (Å²) in [5, 5.41) is 8.94. The molecule has 0 bridgehead atoms. The second-order valence-corrected chi connectivity index (χ2v) is 3.11. The SMILES string of the molecule is C#CCN(CCC)c1ncccc1C#N. The van der Waals surface area contributed by atoms with Crippen LogP contribution in [0.3, 0.4) is 0 Å². The minimum absolute atomic E-state index is 0.486. The van der Waals surface area contributed by atoms with Gasteiger partial charge in [0.15, 0.2) is 0 Å². The maximum Gasteiger partial charge on any atom is 0.147 e. The first-order valence-electron chi connectivity index (χ1n) is 4.87. The van der Waals surface area contributed by atoms with Gasteiger partial charge in [-0.05, 0) is 18.6 Å². The molecule has 0 N–H and O–H groups in total. The molecular formula is C12H13N3. The van der Waals surface area contributed by atoms with E-state index in [1.807, 2.05) is 4.90 Å². The monoisotopic (exact) mass is 199 g/mol. The maximum absolute atomic E-state index is 8.94. The van der Waals surface area contributed by atoms with Crippen LogP contribution in [0, 0.1) is 23.7 Å². The van der Waals surface area contributed by atoms with Crippen molar-refractivity contribution in [2.75, 3.05) is 18.0 Å². The third kappa shape index (κ3) is 2.72. The molecule has 0 unspecified atom stereocenters.